The maximum atomic E-state index is 9.06. The summed E-state index contributed by atoms with van der Waals surface area (Å²) in [5, 5.41) is 11.1. The molecule has 0 N–H and O–H groups in total. The van der Waals surface area contributed by atoms with Crippen molar-refractivity contribution < 1.29 is 4.74 Å². The van der Waals surface area contributed by atoms with Crippen LogP contribution in [0.25, 0.3) is 0 Å². The monoisotopic (exact) mass is 222 g/mol. The molecular formula is C11H14N2OS. The van der Waals surface area contributed by atoms with Gasteiger partial charge >= 0.3 is 0 Å². The van der Waals surface area contributed by atoms with Gasteiger partial charge in [0.1, 0.15) is 5.41 Å². The molecule has 0 saturated carbocycles. The first-order valence-electron chi connectivity index (χ1n) is 4.94. The number of nitriles is 1. The summed E-state index contributed by atoms with van der Waals surface area (Å²) in [4.78, 5) is 3.53. The molecule has 1 aromatic rings. The summed E-state index contributed by atoms with van der Waals surface area (Å²) < 4.78 is 5.12. The molecule has 15 heavy (non-hydrogen) atoms. The minimum Gasteiger partial charge on any atom is -0.378 e. The van der Waals surface area contributed by atoms with E-state index in [1.165, 1.54) is 4.88 Å². The summed E-state index contributed by atoms with van der Waals surface area (Å²) in [7, 11) is 2.05. The Bertz CT molecular complexity index is 351. The molecule has 0 aliphatic carbocycles. The summed E-state index contributed by atoms with van der Waals surface area (Å²) >= 11 is 1.75. The standard InChI is InChI=1S/C11H14N2OS/c1-13(5-10-3-2-4-15-10)7-11(6-12)8-14-9-11/h2-4H,5,7-9H2,1H3. The first-order valence-corrected chi connectivity index (χ1v) is 5.82. The van der Waals surface area contributed by atoms with E-state index in [-0.39, 0.29) is 5.41 Å². The molecule has 80 valence electrons. The van der Waals surface area contributed by atoms with E-state index in [9.17, 15) is 0 Å². The van der Waals surface area contributed by atoms with E-state index in [2.05, 4.69) is 35.5 Å². The number of thiophene rings is 1. The third-order valence-electron chi connectivity index (χ3n) is 2.57. The Morgan fingerprint density at radius 1 is 1.67 bits per heavy atom. The number of hydrogen-bond donors (Lipinski definition) is 0. The lowest BCUT2D eigenvalue weighted by atomic mass is 9.87. The topological polar surface area (TPSA) is 36.3 Å². The van der Waals surface area contributed by atoms with Crippen molar-refractivity contribution in [3.63, 3.8) is 0 Å². The number of hydrogen-bond acceptors (Lipinski definition) is 4. The maximum absolute atomic E-state index is 9.06. The van der Waals surface area contributed by atoms with Gasteiger partial charge in [0.2, 0.25) is 0 Å². The Hall–Kier alpha value is -0.890. The molecule has 0 radical (unpaired) electrons. The lowest BCUT2D eigenvalue weighted by molar-refractivity contribution is -0.0894. The molecule has 1 aliphatic rings. The lowest BCUT2D eigenvalue weighted by Gasteiger charge is -2.37. The fourth-order valence-corrected chi connectivity index (χ4v) is 2.56. The van der Waals surface area contributed by atoms with Gasteiger partial charge in [-0.2, -0.15) is 5.26 Å². The summed E-state index contributed by atoms with van der Waals surface area (Å²) in [6.07, 6.45) is 0. The molecule has 4 heteroatoms. The van der Waals surface area contributed by atoms with Gasteiger partial charge in [0.15, 0.2) is 0 Å². The minimum atomic E-state index is -0.258. The van der Waals surface area contributed by atoms with E-state index in [4.69, 9.17) is 10.00 Å². The van der Waals surface area contributed by atoms with E-state index in [0.29, 0.717) is 13.2 Å². The smallest absolute Gasteiger partial charge is 0.116 e. The Morgan fingerprint density at radius 2 is 2.47 bits per heavy atom. The van der Waals surface area contributed by atoms with Gasteiger partial charge in [-0.3, -0.25) is 4.90 Å². The van der Waals surface area contributed by atoms with Crippen LogP contribution in [0.4, 0.5) is 0 Å². The van der Waals surface area contributed by atoms with Crippen molar-refractivity contribution in [3.05, 3.63) is 22.4 Å². The molecule has 2 heterocycles. The van der Waals surface area contributed by atoms with Crippen molar-refractivity contribution in [2.24, 2.45) is 5.41 Å². The van der Waals surface area contributed by atoms with E-state index < -0.39 is 0 Å². The van der Waals surface area contributed by atoms with E-state index in [1.807, 2.05) is 0 Å². The number of nitrogens with zero attached hydrogens (tertiary/aromatic N) is 2. The third kappa shape index (κ3) is 2.37. The van der Waals surface area contributed by atoms with Crippen LogP contribution in [0.1, 0.15) is 4.88 Å². The molecule has 2 rings (SSSR count). The molecule has 0 unspecified atom stereocenters. The zero-order chi connectivity index (χ0) is 10.7. The molecule has 0 bridgehead atoms. The first kappa shape index (κ1) is 10.6. The van der Waals surface area contributed by atoms with Crippen molar-refractivity contribution in [3.8, 4) is 6.07 Å². The SMILES string of the molecule is CN(Cc1cccs1)CC1(C#N)COC1. The van der Waals surface area contributed by atoms with Crippen LogP contribution in [0.2, 0.25) is 0 Å². The zero-order valence-electron chi connectivity index (χ0n) is 8.77. The van der Waals surface area contributed by atoms with Crippen molar-refractivity contribution in [1.29, 1.82) is 5.26 Å². The molecule has 3 nitrogen and oxygen atoms in total. The first-order chi connectivity index (χ1) is 7.24. The highest BCUT2D eigenvalue weighted by molar-refractivity contribution is 7.09. The van der Waals surface area contributed by atoms with Gasteiger partial charge in [0.05, 0.1) is 19.3 Å². The van der Waals surface area contributed by atoms with Crippen LogP contribution < -0.4 is 0 Å². The van der Waals surface area contributed by atoms with E-state index in [1.54, 1.807) is 11.3 Å². The molecule has 1 saturated heterocycles. The minimum absolute atomic E-state index is 0.258. The Kier molecular flexibility index (Phi) is 3.06. The van der Waals surface area contributed by atoms with Crippen LogP contribution in [0.15, 0.2) is 17.5 Å². The predicted octanol–water partition coefficient (Wildman–Crippen LogP) is 1.72. The highest BCUT2D eigenvalue weighted by Crippen LogP contribution is 2.27. The molecule has 1 fully saturated rings. The largest absolute Gasteiger partial charge is 0.378 e. The molecule has 1 aromatic heterocycles. The Balaban J connectivity index is 1.87. The second kappa shape index (κ2) is 4.31. The van der Waals surface area contributed by atoms with Crippen molar-refractivity contribution in [2.45, 2.75) is 6.54 Å². The highest BCUT2D eigenvalue weighted by Gasteiger charge is 2.39. The second-order valence-electron chi connectivity index (χ2n) is 4.14. The van der Waals surface area contributed by atoms with Gasteiger partial charge in [0.25, 0.3) is 0 Å². The quantitative estimate of drug-likeness (QED) is 0.778. The second-order valence-corrected chi connectivity index (χ2v) is 5.17. The predicted molar refractivity (Wildman–Crippen MR) is 59.5 cm³/mol. The van der Waals surface area contributed by atoms with Crippen LogP contribution in [-0.4, -0.2) is 31.7 Å². The molecular weight excluding hydrogens is 208 g/mol. The Morgan fingerprint density at radius 3 is 2.93 bits per heavy atom. The summed E-state index contributed by atoms with van der Waals surface area (Å²) in [6, 6.07) is 6.54. The Labute approximate surface area is 93.9 Å². The van der Waals surface area contributed by atoms with Gasteiger partial charge in [-0.15, -0.1) is 11.3 Å². The molecule has 1 aliphatic heterocycles. The van der Waals surface area contributed by atoms with E-state index >= 15 is 0 Å². The average Bonchev–Trinajstić information content (AvgIpc) is 2.64. The third-order valence-corrected chi connectivity index (χ3v) is 3.43. The molecule has 0 atom stereocenters. The van der Waals surface area contributed by atoms with Crippen LogP contribution >= 0.6 is 11.3 Å². The van der Waals surface area contributed by atoms with Crippen molar-refractivity contribution >= 4 is 11.3 Å². The van der Waals surface area contributed by atoms with E-state index in [0.717, 1.165) is 13.1 Å². The van der Waals surface area contributed by atoms with Gasteiger partial charge < -0.3 is 4.74 Å². The zero-order valence-corrected chi connectivity index (χ0v) is 9.59. The number of rotatable bonds is 4. The molecule has 0 amide bonds. The maximum Gasteiger partial charge on any atom is 0.116 e. The average molecular weight is 222 g/mol. The number of ether oxygens (including phenoxy) is 1. The lowest BCUT2D eigenvalue weighted by Crippen LogP contribution is -2.48. The van der Waals surface area contributed by atoms with Crippen LogP contribution in [-0.2, 0) is 11.3 Å². The van der Waals surface area contributed by atoms with Crippen LogP contribution in [0.5, 0.6) is 0 Å². The fourth-order valence-electron chi connectivity index (χ4n) is 1.78. The van der Waals surface area contributed by atoms with Crippen molar-refractivity contribution in [2.75, 3.05) is 26.8 Å². The van der Waals surface area contributed by atoms with Gasteiger partial charge in [-0.05, 0) is 18.5 Å². The summed E-state index contributed by atoms with van der Waals surface area (Å²) in [5.41, 5.74) is -0.258. The van der Waals surface area contributed by atoms with Crippen LogP contribution in [0, 0.1) is 16.7 Å². The van der Waals surface area contributed by atoms with Gasteiger partial charge in [-0.25, -0.2) is 0 Å². The van der Waals surface area contributed by atoms with Crippen molar-refractivity contribution in [1.82, 2.24) is 4.90 Å². The normalized spacial score (nSPS) is 18.5. The van der Waals surface area contributed by atoms with Gasteiger partial charge in [-0.1, -0.05) is 6.07 Å². The fraction of sp³-hybridized carbons (Fsp3) is 0.545. The molecule has 0 aromatic carbocycles. The summed E-state index contributed by atoms with van der Waals surface area (Å²) in [5.74, 6) is 0. The highest BCUT2D eigenvalue weighted by atomic mass is 32.1. The van der Waals surface area contributed by atoms with Gasteiger partial charge in [0, 0.05) is 18.0 Å². The van der Waals surface area contributed by atoms with Crippen LogP contribution in [0.3, 0.4) is 0 Å². The molecule has 0 spiro atoms. The summed E-state index contributed by atoms with van der Waals surface area (Å²) in [6.45, 7) is 2.87.